The van der Waals surface area contributed by atoms with E-state index < -0.39 is 23.9 Å². The van der Waals surface area contributed by atoms with E-state index in [1.54, 1.807) is 87.5 Å². The Morgan fingerprint density at radius 3 is 1.48 bits per heavy atom. The zero-order valence-corrected chi connectivity index (χ0v) is 23.8. The third kappa shape index (κ3) is 8.50. The van der Waals surface area contributed by atoms with Crippen LogP contribution in [0.1, 0.15) is 33.3 Å². The second-order valence-corrected chi connectivity index (χ2v) is 9.48. The van der Waals surface area contributed by atoms with Crippen molar-refractivity contribution in [3.8, 4) is 34.1 Å². The summed E-state index contributed by atoms with van der Waals surface area (Å²) in [5.74, 6) is -1.39. The van der Waals surface area contributed by atoms with Gasteiger partial charge in [0.25, 0.3) is 0 Å². The SMILES string of the molecule is C=C(C)C(=O)Oc1ccc(/C=C(\C)C(=O)Oc2ccc(-c3ccc(OC(=O)C(=C)C)cc3)c(OC(=O)C(=C)C)c2)cc1. The van der Waals surface area contributed by atoms with Crippen molar-refractivity contribution < 1.29 is 38.1 Å². The predicted molar refractivity (Wildman–Crippen MR) is 159 cm³/mol. The van der Waals surface area contributed by atoms with Gasteiger partial charge in [-0.3, -0.25) is 0 Å². The molecule has 0 aliphatic rings. The Hall–Kier alpha value is -5.50. The van der Waals surface area contributed by atoms with E-state index in [4.69, 9.17) is 18.9 Å². The second-order valence-electron chi connectivity index (χ2n) is 9.48. The Morgan fingerprint density at radius 1 is 0.548 bits per heavy atom. The number of esters is 4. The summed E-state index contributed by atoms with van der Waals surface area (Å²) in [4.78, 5) is 48.7. The fourth-order valence-corrected chi connectivity index (χ4v) is 3.30. The first-order chi connectivity index (χ1) is 19.8. The lowest BCUT2D eigenvalue weighted by Gasteiger charge is -2.13. The molecule has 0 saturated carbocycles. The van der Waals surface area contributed by atoms with Gasteiger partial charge in [0, 0.05) is 33.9 Å². The van der Waals surface area contributed by atoms with Crippen LogP contribution < -0.4 is 18.9 Å². The smallest absolute Gasteiger partial charge is 0.339 e. The van der Waals surface area contributed by atoms with Gasteiger partial charge in [-0.15, -0.1) is 0 Å². The number of hydrogen-bond acceptors (Lipinski definition) is 8. The maximum atomic E-state index is 12.8. The second kappa shape index (κ2) is 13.7. The highest BCUT2D eigenvalue weighted by atomic mass is 16.6. The lowest BCUT2D eigenvalue weighted by Crippen LogP contribution is -2.11. The Balaban J connectivity index is 1.81. The molecule has 214 valence electrons. The minimum atomic E-state index is -0.653. The van der Waals surface area contributed by atoms with Crippen molar-refractivity contribution in [3.05, 3.63) is 114 Å². The molecule has 0 aromatic heterocycles. The van der Waals surface area contributed by atoms with Crippen molar-refractivity contribution in [2.45, 2.75) is 27.7 Å². The van der Waals surface area contributed by atoms with E-state index in [0.717, 1.165) is 0 Å². The van der Waals surface area contributed by atoms with Crippen LogP contribution in [0.3, 0.4) is 0 Å². The Morgan fingerprint density at radius 2 is 0.976 bits per heavy atom. The molecule has 42 heavy (non-hydrogen) atoms. The van der Waals surface area contributed by atoms with E-state index >= 15 is 0 Å². The summed E-state index contributed by atoms with van der Waals surface area (Å²) in [6.45, 7) is 16.9. The van der Waals surface area contributed by atoms with Crippen LogP contribution >= 0.6 is 0 Å². The van der Waals surface area contributed by atoms with Crippen molar-refractivity contribution in [3.63, 3.8) is 0 Å². The Labute approximate surface area is 244 Å². The van der Waals surface area contributed by atoms with Crippen LogP contribution in [0.5, 0.6) is 23.0 Å². The lowest BCUT2D eigenvalue weighted by atomic mass is 10.0. The monoisotopic (exact) mass is 566 g/mol. The molecule has 0 heterocycles. The summed E-state index contributed by atoms with van der Waals surface area (Å²) in [5.41, 5.74) is 2.90. The summed E-state index contributed by atoms with van der Waals surface area (Å²) >= 11 is 0. The van der Waals surface area contributed by atoms with Gasteiger partial charge in [0.1, 0.15) is 23.0 Å². The number of carbonyl (C=O) groups is 4. The van der Waals surface area contributed by atoms with Crippen molar-refractivity contribution in [1.82, 2.24) is 0 Å². The molecule has 0 radical (unpaired) electrons. The zero-order chi connectivity index (χ0) is 31.0. The maximum absolute atomic E-state index is 12.8. The van der Waals surface area contributed by atoms with Gasteiger partial charge < -0.3 is 18.9 Å². The Bertz CT molecular complexity index is 1610. The van der Waals surface area contributed by atoms with Gasteiger partial charge in [0.2, 0.25) is 0 Å². The number of benzene rings is 3. The van der Waals surface area contributed by atoms with E-state index in [1.165, 1.54) is 13.0 Å². The molecule has 3 aromatic carbocycles. The van der Waals surface area contributed by atoms with Gasteiger partial charge in [-0.25, -0.2) is 19.2 Å². The van der Waals surface area contributed by atoms with Crippen LogP contribution in [0.4, 0.5) is 0 Å². The van der Waals surface area contributed by atoms with Gasteiger partial charge >= 0.3 is 23.9 Å². The molecule has 0 aliphatic heterocycles. The average Bonchev–Trinajstić information content (AvgIpc) is 2.94. The first-order valence-corrected chi connectivity index (χ1v) is 12.7. The average molecular weight is 567 g/mol. The van der Waals surface area contributed by atoms with Crippen LogP contribution in [0.15, 0.2) is 109 Å². The standard InChI is InChI=1S/C34H30O8/c1-20(2)31(35)39-26-12-8-24(9-13-26)18-23(7)34(38)41-28-16-17-29(30(19-28)42-33(37)22(5)6)25-10-14-27(15-11-25)40-32(36)21(3)4/h8-19H,1,3,5H2,2,4,6-7H3/b23-18+. The summed E-state index contributed by atoms with van der Waals surface area (Å²) < 4.78 is 21.5. The molecule has 3 rings (SSSR count). The topological polar surface area (TPSA) is 105 Å². The van der Waals surface area contributed by atoms with Crippen LogP contribution in [-0.2, 0) is 19.2 Å². The molecule has 0 atom stereocenters. The molecule has 0 N–H and O–H groups in total. The first kappa shape index (κ1) is 31.0. The molecule has 8 nitrogen and oxygen atoms in total. The van der Waals surface area contributed by atoms with Gasteiger partial charge in [-0.05, 0) is 81.3 Å². The minimum Gasteiger partial charge on any atom is -0.423 e. The normalized spacial score (nSPS) is 10.7. The van der Waals surface area contributed by atoms with Crippen molar-refractivity contribution in [2.24, 2.45) is 0 Å². The van der Waals surface area contributed by atoms with Crippen molar-refractivity contribution in [1.29, 1.82) is 0 Å². The van der Waals surface area contributed by atoms with Gasteiger partial charge in [-0.1, -0.05) is 44.0 Å². The summed E-state index contributed by atoms with van der Waals surface area (Å²) in [6, 6.07) is 17.8. The van der Waals surface area contributed by atoms with E-state index in [-0.39, 0.29) is 28.2 Å². The quantitative estimate of drug-likeness (QED) is 0.150. The number of rotatable bonds is 10. The number of ether oxygens (including phenoxy) is 4. The molecule has 0 spiro atoms. The van der Waals surface area contributed by atoms with E-state index in [1.807, 2.05) is 0 Å². The highest BCUT2D eigenvalue weighted by Crippen LogP contribution is 2.35. The molecular weight excluding hydrogens is 536 g/mol. The molecule has 0 bridgehead atoms. The van der Waals surface area contributed by atoms with Crippen molar-refractivity contribution in [2.75, 3.05) is 0 Å². The first-order valence-electron chi connectivity index (χ1n) is 12.7. The number of hydrogen-bond donors (Lipinski definition) is 0. The molecule has 0 fully saturated rings. The van der Waals surface area contributed by atoms with Gasteiger partial charge in [0.05, 0.1) is 0 Å². The molecular formula is C34H30O8. The lowest BCUT2D eigenvalue weighted by molar-refractivity contribution is -0.131. The minimum absolute atomic E-state index is 0.140. The molecule has 0 saturated heterocycles. The summed E-state index contributed by atoms with van der Waals surface area (Å²) in [7, 11) is 0. The highest BCUT2D eigenvalue weighted by Gasteiger charge is 2.16. The summed E-state index contributed by atoms with van der Waals surface area (Å²) in [6.07, 6.45) is 1.62. The third-order valence-electron chi connectivity index (χ3n) is 5.58. The molecule has 3 aromatic rings. The highest BCUT2D eigenvalue weighted by molar-refractivity contribution is 5.95. The third-order valence-corrected chi connectivity index (χ3v) is 5.58. The van der Waals surface area contributed by atoms with Gasteiger partial charge in [0.15, 0.2) is 0 Å². The molecule has 0 amide bonds. The Kier molecular flexibility index (Phi) is 10.1. The van der Waals surface area contributed by atoms with Crippen LogP contribution in [0, 0.1) is 0 Å². The van der Waals surface area contributed by atoms with Crippen LogP contribution in [0.2, 0.25) is 0 Å². The molecule has 0 unspecified atom stereocenters. The van der Waals surface area contributed by atoms with E-state index in [2.05, 4.69) is 19.7 Å². The van der Waals surface area contributed by atoms with Gasteiger partial charge in [-0.2, -0.15) is 0 Å². The van der Waals surface area contributed by atoms with Crippen LogP contribution in [0.25, 0.3) is 17.2 Å². The molecule has 0 aliphatic carbocycles. The van der Waals surface area contributed by atoms with Crippen molar-refractivity contribution >= 4 is 30.0 Å². The summed E-state index contributed by atoms with van der Waals surface area (Å²) in [5, 5.41) is 0. The number of carbonyl (C=O) groups excluding carboxylic acids is 4. The zero-order valence-electron chi connectivity index (χ0n) is 23.8. The predicted octanol–water partition coefficient (Wildman–Crippen LogP) is 6.81. The largest absolute Gasteiger partial charge is 0.423 e. The fourth-order valence-electron chi connectivity index (χ4n) is 3.30. The maximum Gasteiger partial charge on any atom is 0.339 e. The fraction of sp³-hybridized carbons (Fsp3) is 0.118. The van der Waals surface area contributed by atoms with E-state index in [0.29, 0.717) is 33.8 Å². The van der Waals surface area contributed by atoms with E-state index in [9.17, 15) is 19.2 Å². The molecule has 8 heteroatoms. The van der Waals surface area contributed by atoms with Crippen LogP contribution in [-0.4, -0.2) is 23.9 Å².